The summed E-state index contributed by atoms with van der Waals surface area (Å²) < 4.78 is 5.22. The smallest absolute Gasteiger partial charge is 0.305 e. The summed E-state index contributed by atoms with van der Waals surface area (Å²) >= 11 is 0. The van der Waals surface area contributed by atoms with E-state index in [2.05, 4.69) is 6.92 Å². The molecular weight excluding hydrogens is 212 g/mol. The highest BCUT2D eigenvalue weighted by Gasteiger charge is 2.06. The number of rotatable bonds is 11. The van der Waals surface area contributed by atoms with Gasteiger partial charge in [0.2, 0.25) is 0 Å². The highest BCUT2D eigenvalue weighted by atomic mass is 16.5. The van der Waals surface area contributed by atoms with Crippen molar-refractivity contribution in [3.8, 4) is 0 Å². The molecule has 0 unspecified atom stereocenters. The molecule has 0 aliphatic rings. The predicted octanol–water partition coefficient (Wildman–Crippen LogP) is 4.86. The number of unbranched alkanes of at least 4 members (excludes halogenated alkanes) is 7. The molecule has 17 heavy (non-hydrogen) atoms. The van der Waals surface area contributed by atoms with Crippen LogP contribution in [-0.4, -0.2) is 12.1 Å². The molecule has 0 amide bonds. The number of carbonyl (C=O) groups excluding carboxylic acids is 1. The molecule has 0 fully saturated rings. The van der Waals surface area contributed by atoms with E-state index in [0.29, 0.717) is 6.42 Å². The summed E-state index contributed by atoms with van der Waals surface area (Å²) in [5.74, 6) is -0.0722. The highest BCUT2D eigenvalue weighted by Crippen LogP contribution is 2.11. The fourth-order valence-electron chi connectivity index (χ4n) is 1.93. The molecule has 0 radical (unpaired) electrons. The number of esters is 1. The lowest BCUT2D eigenvalue weighted by molar-refractivity contribution is -0.148. The average molecular weight is 242 g/mol. The van der Waals surface area contributed by atoms with E-state index >= 15 is 0 Å². The zero-order chi connectivity index (χ0) is 12.9. The normalized spacial score (nSPS) is 12.4. The number of carbonyl (C=O) groups is 1. The first-order valence-electron chi connectivity index (χ1n) is 7.40. The zero-order valence-corrected chi connectivity index (χ0v) is 12.0. The molecule has 0 aromatic carbocycles. The summed E-state index contributed by atoms with van der Waals surface area (Å²) in [6, 6.07) is 0. The van der Waals surface area contributed by atoms with Crippen molar-refractivity contribution in [1.82, 2.24) is 0 Å². The highest BCUT2D eigenvalue weighted by molar-refractivity contribution is 5.69. The Kier molecular flexibility index (Phi) is 11.6. The van der Waals surface area contributed by atoms with Gasteiger partial charge < -0.3 is 4.74 Å². The van der Waals surface area contributed by atoms with Gasteiger partial charge >= 0.3 is 5.97 Å². The minimum absolute atomic E-state index is 0.0722. The third kappa shape index (κ3) is 11.7. The van der Waals surface area contributed by atoms with Crippen molar-refractivity contribution >= 4 is 5.97 Å². The number of hydrogen-bond donors (Lipinski definition) is 0. The third-order valence-corrected chi connectivity index (χ3v) is 3.09. The van der Waals surface area contributed by atoms with Crippen molar-refractivity contribution in [1.29, 1.82) is 0 Å². The molecule has 0 aliphatic heterocycles. The minimum Gasteiger partial charge on any atom is -0.463 e. The standard InChI is InChI=1S/C15H30O2/c1-4-6-7-8-9-10-11-12-13-14(3)17-15(16)5-2/h14H,4-13H2,1-3H3/t14-/m1/s1. The number of ether oxygens (including phenoxy) is 1. The lowest BCUT2D eigenvalue weighted by Gasteiger charge is -2.12. The van der Waals surface area contributed by atoms with Crippen LogP contribution < -0.4 is 0 Å². The predicted molar refractivity (Wildman–Crippen MR) is 73.1 cm³/mol. The molecule has 0 aliphatic carbocycles. The molecule has 0 aromatic rings. The first-order valence-corrected chi connectivity index (χ1v) is 7.40. The second kappa shape index (κ2) is 11.9. The van der Waals surface area contributed by atoms with Crippen LogP contribution >= 0.6 is 0 Å². The summed E-state index contributed by atoms with van der Waals surface area (Å²) in [6.07, 6.45) is 12.2. The van der Waals surface area contributed by atoms with Gasteiger partial charge in [-0.25, -0.2) is 0 Å². The van der Waals surface area contributed by atoms with Crippen LogP contribution in [0.15, 0.2) is 0 Å². The molecule has 0 N–H and O–H groups in total. The Morgan fingerprint density at radius 2 is 1.47 bits per heavy atom. The Bertz CT molecular complexity index is 178. The summed E-state index contributed by atoms with van der Waals surface area (Å²) in [6.45, 7) is 6.08. The van der Waals surface area contributed by atoms with Crippen LogP contribution in [0, 0.1) is 0 Å². The fourth-order valence-corrected chi connectivity index (χ4v) is 1.93. The molecule has 0 saturated heterocycles. The summed E-state index contributed by atoms with van der Waals surface area (Å²) in [5, 5.41) is 0. The first kappa shape index (κ1) is 16.5. The Morgan fingerprint density at radius 1 is 0.941 bits per heavy atom. The fraction of sp³-hybridized carbons (Fsp3) is 0.933. The van der Waals surface area contributed by atoms with Crippen LogP contribution in [0.2, 0.25) is 0 Å². The van der Waals surface area contributed by atoms with Crippen LogP contribution in [0.1, 0.15) is 85.0 Å². The van der Waals surface area contributed by atoms with Gasteiger partial charge in [0, 0.05) is 6.42 Å². The van der Waals surface area contributed by atoms with E-state index in [1.54, 1.807) is 0 Å². The molecule has 102 valence electrons. The van der Waals surface area contributed by atoms with Gasteiger partial charge in [-0.05, 0) is 19.8 Å². The summed E-state index contributed by atoms with van der Waals surface area (Å²) in [4.78, 5) is 11.0. The van der Waals surface area contributed by atoms with E-state index < -0.39 is 0 Å². The topological polar surface area (TPSA) is 26.3 Å². The van der Waals surface area contributed by atoms with Crippen LogP contribution in [0.4, 0.5) is 0 Å². The number of hydrogen-bond acceptors (Lipinski definition) is 2. The van der Waals surface area contributed by atoms with Crippen molar-refractivity contribution in [2.24, 2.45) is 0 Å². The first-order chi connectivity index (χ1) is 8.20. The van der Waals surface area contributed by atoms with Crippen molar-refractivity contribution < 1.29 is 9.53 Å². The van der Waals surface area contributed by atoms with Crippen LogP contribution in [0.25, 0.3) is 0 Å². The Balaban J connectivity index is 3.19. The maximum atomic E-state index is 11.0. The van der Waals surface area contributed by atoms with E-state index in [0.717, 1.165) is 6.42 Å². The molecule has 2 heteroatoms. The van der Waals surface area contributed by atoms with Crippen LogP contribution in [-0.2, 0) is 9.53 Å². The lowest BCUT2D eigenvalue weighted by Crippen LogP contribution is -2.13. The van der Waals surface area contributed by atoms with Crippen LogP contribution in [0.3, 0.4) is 0 Å². The Hall–Kier alpha value is -0.530. The largest absolute Gasteiger partial charge is 0.463 e. The van der Waals surface area contributed by atoms with Gasteiger partial charge in [0.1, 0.15) is 0 Å². The maximum Gasteiger partial charge on any atom is 0.305 e. The summed E-state index contributed by atoms with van der Waals surface area (Å²) in [5.41, 5.74) is 0. The van der Waals surface area contributed by atoms with Crippen molar-refractivity contribution in [2.75, 3.05) is 0 Å². The van der Waals surface area contributed by atoms with Gasteiger partial charge in [-0.15, -0.1) is 0 Å². The van der Waals surface area contributed by atoms with E-state index in [1.165, 1.54) is 51.4 Å². The van der Waals surface area contributed by atoms with Gasteiger partial charge in [-0.3, -0.25) is 4.79 Å². The molecule has 1 atom stereocenters. The molecule has 2 nitrogen and oxygen atoms in total. The molecule has 0 saturated carbocycles. The molecule has 0 aromatic heterocycles. The quantitative estimate of drug-likeness (QED) is 0.382. The zero-order valence-electron chi connectivity index (χ0n) is 12.0. The van der Waals surface area contributed by atoms with Crippen molar-refractivity contribution in [3.63, 3.8) is 0 Å². The van der Waals surface area contributed by atoms with Crippen molar-refractivity contribution in [3.05, 3.63) is 0 Å². The maximum absolute atomic E-state index is 11.0. The van der Waals surface area contributed by atoms with E-state index in [9.17, 15) is 4.79 Å². The summed E-state index contributed by atoms with van der Waals surface area (Å²) in [7, 11) is 0. The van der Waals surface area contributed by atoms with Gasteiger partial charge in [-0.2, -0.15) is 0 Å². The van der Waals surface area contributed by atoms with E-state index in [1.807, 2.05) is 13.8 Å². The second-order valence-corrected chi connectivity index (χ2v) is 4.92. The SMILES string of the molecule is CCCCCCCCCC[C@@H](C)OC(=O)CC. The molecule has 0 rings (SSSR count). The molecule has 0 bridgehead atoms. The average Bonchev–Trinajstić information content (AvgIpc) is 2.32. The minimum atomic E-state index is -0.0722. The van der Waals surface area contributed by atoms with E-state index in [-0.39, 0.29) is 12.1 Å². The lowest BCUT2D eigenvalue weighted by atomic mass is 10.1. The van der Waals surface area contributed by atoms with Crippen molar-refractivity contribution in [2.45, 2.75) is 91.1 Å². The molecule has 0 spiro atoms. The Labute approximate surface area is 107 Å². The van der Waals surface area contributed by atoms with Gasteiger partial charge in [0.25, 0.3) is 0 Å². The third-order valence-electron chi connectivity index (χ3n) is 3.09. The van der Waals surface area contributed by atoms with Gasteiger partial charge in [0.05, 0.1) is 6.10 Å². The monoisotopic (exact) mass is 242 g/mol. The van der Waals surface area contributed by atoms with E-state index in [4.69, 9.17) is 4.74 Å². The van der Waals surface area contributed by atoms with Gasteiger partial charge in [-0.1, -0.05) is 58.8 Å². The Morgan fingerprint density at radius 3 is 2.00 bits per heavy atom. The molecule has 0 heterocycles. The molecular formula is C15H30O2. The second-order valence-electron chi connectivity index (χ2n) is 4.92. The van der Waals surface area contributed by atoms with Gasteiger partial charge in [0.15, 0.2) is 0 Å². The van der Waals surface area contributed by atoms with Crippen LogP contribution in [0.5, 0.6) is 0 Å².